The van der Waals surface area contributed by atoms with Crippen molar-refractivity contribution in [2.45, 2.75) is 19.9 Å². The van der Waals surface area contributed by atoms with Crippen LogP contribution < -0.4 is 10.6 Å². The van der Waals surface area contributed by atoms with Crippen molar-refractivity contribution in [3.05, 3.63) is 51.2 Å². The third-order valence-electron chi connectivity index (χ3n) is 3.59. The van der Waals surface area contributed by atoms with E-state index in [4.69, 9.17) is 11.1 Å². The third kappa shape index (κ3) is 2.24. The van der Waals surface area contributed by atoms with Gasteiger partial charge in [-0.3, -0.25) is 5.41 Å². The van der Waals surface area contributed by atoms with Crippen molar-refractivity contribution in [2.24, 2.45) is 5.73 Å². The van der Waals surface area contributed by atoms with E-state index in [1.54, 1.807) is 0 Å². The Morgan fingerprint density at radius 2 is 2.21 bits per heavy atom. The fourth-order valence-electron chi connectivity index (χ4n) is 2.59. The summed E-state index contributed by atoms with van der Waals surface area (Å²) in [5.74, 6) is 0.145. The summed E-state index contributed by atoms with van der Waals surface area (Å²) in [4.78, 5) is 3.83. The first-order valence-corrected chi connectivity index (χ1v) is 7.28. The molecule has 0 fully saturated rings. The first-order valence-electron chi connectivity index (χ1n) is 6.40. The Hall–Kier alpha value is -1.81. The highest BCUT2D eigenvalue weighted by Gasteiger charge is 2.20. The minimum absolute atomic E-state index is 0.145. The summed E-state index contributed by atoms with van der Waals surface area (Å²) in [6.45, 7) is 3.99. The molecule has 2 heterocycles. The van der Waals surface area contributed by atoms with E-state index in [0.717, 1.165) is 30.8 Å². The molecular weight excluding hydrogens is 254 g/mol. The van der Waals surface area contributed by atoms with Crippen molar-refractivity contribution in [3.8, 4) is 0 Å². The highest BCUT2D eigenvalue weighted by atomic mass is 32.1. The van der Waals surface area contributed by atoms with E-state index in [0.29, 0.717) is 0 Å². The molecule has 2 aromatic rings. The van der Waals surface area contributed by atoms with Gasteiger partial charge in [0.1, 0.15) is 5.84 Å². The molecule has 0 aliphatic carbocycles. The first-order chi connectivity index (χ1) is 9.15. The molecular formula is C15H17N3S. The Morgan fingerprint density at radius 1 is 1.37 bits per heavy atom. The quantitative estimate of drug-likeness (QED) is 0.652. The van der Waals surface area contributed by atoms with Crippen LogP contribution >= 0.6 is 11.3 Å². The highest BCUT2D eigenvalue weighted by Crippen LogP contribution is 2.30. The normalized spacial score (nSPS) is 14.3. The molecule has 0 amide bonds. The van der Waals surface area contributed by atoms with Gasteiger partial charge in [-0.05, 0) is 48.1 Å². The molecule has 4 heteroatoms. The smallest absolute Gasteiger partial charge is 0.124 e. The average Bonchev–Trinajstić information content (AvgIpc) is 2.85. The molecule has 1 aromatic heterocycles. The van der Waals surface area contributed by atoms with Crippen LogP contribution in [-0.4, -0.2) is 12.4 Å². The number of nitrogen functional groups attached to an aromatic ring is 1. The lowest BCUT2D eigenvalue weighted by molar-refractivity contribution is 0.742. The second-order valence-corrected chi connectivity index (χ2v) is 5.98. The van der Waals surface area contributed by atoms with Crippen LogP contribution in [0.1, 0.15) is 21.6 Å². The van der Waals surface area contributed by atoms with E-state index < -0.39 is 0 Å². The topological polar surface area (TPSA) is 53.1 Å². The fraction of sp³-hybridized carbons (Fsp3) is 0.267. The molecule has 19 heavy (non-hydrogen) atoms. The number of thiophene rings is 1. The number of nitrogens with zero attached hydrogens (tertiary/aromatic N) is 1. The van der Waals surface area contributed by atoms with E-state index in [9.17, 15) is 0 Å². The zero-order valence-corrected chi connectivity index (χ0v) is 11.8. The monoisotopic (exact) mass is 271 g/mol. The second-order valence-electron chi connectivity index (χ2n) is 4.97. The molecule has 1 aliphatic heterocycles. The van der Waals surface area contributed by atoms with Gasteiger partial charge in [0.15, 0.2) is 0 Å². The van der Waals surface area contributed by atoms with Crippen LogP contribution in [0.25, 0.3) is 0 Å². The standard InChI is InChI=1S/C15H17N3S/c1-10-2-3-12(15(16)17)13(8-10)18-6-4-14-11(9-18)5-7-19-14/h2-3,5,7-8H,4,6,9H2,1H3,(H3,16,17). The van der Waals surface area contributed by atoms with Gasteiger partial charge in [-0.2, -0.15) is 0 Å². The maximum absolute atomic E-state index is 7.73. The Labute approximate surface area is 117 Å². The van der Waals surface area contributed by atoms with Gasteiger partial charge < -0.3 is 10.6 Å². The number of amidine groups is 1. The summed E-state index contributed by atoms with van der Waals surface area (Å²) in [6, 6.07) is 8.31. The molecule has 0 spiro atoms. The van der Waals surface area contributed by atoms with Gasteiger partial charge in [0.25, 0.3) is 0 Å². The molecule has 0 unspecified atom stereocenters. The van der Waals surface area contributed by atoms with Crippen molar-refractivity contribution in [1.29, 1.82) is 5.41 Å². The number of aryl methyl sites for hydroxylation is 1. The maximum Gasteiger partial charge on any atom is 0.124 e. The molecule has 0 radical (unpaired) electrons. The number of hydrogen-bond donors (Lipinski definition) is 2. The first kappa shape index (κ1) is 12.2. The summed E-state index contributed by atoms with van der Waals surface area (Å²) in [5.41, 5.74) is 10.2. The minimum Gasteiger partial charge on any atom is -0.384 e. The van der Waals surface area contributed by atoms with E-state index >= 15 is 0 Å². The predicted octanol–water partition coefficient (Wildman–Crippen LogP) is 2.90. The maximum atomic E-state index is 7.73. The summed E-state index contributed by atoms with van der Waals surface area (Å²) in [7, 11) is 0. The Morgan fingerprint density at radius 3 is 3.00 bits per heavy atom. The van der Waals surface area contributed by atoms with Crippen LogP contribution in [0.5, 0.6) is 0 Å². The highest BCUT2D eigenvalue weighted by molar-refractivity contribution is 7.10. The Bertz CT molecular complexity index is 630. The van der Waals surface area contributed by atoms with Crippen LogP contribution in [0.15, 0.2) is 29.6 Å². The lowest BCUT2D eigenvalue weighted by Crippen LogP contribution is -2.31. The number of anilines is 1. The van der Waals surface area contributed by atoms with Crippen molar-refractivity contribution < 1.29 is 0 Å². The largest absolute Gasteiger partial charge is 0.384 e. The summed E-state index contributed by atoms with van der Waals surface area (Å²) in [5, 5.41) is 9.90. The Balaban J connectivity index is 1.99. The summed E-state index contributed by atoms with van der Waals surface area (Å²) >= 11 is 1.84. The molecule has 0 atom stereocenters. The zero-order valence-electron chi connectivity index (χ0n) is 10.9. The van der Waals surface area contributed by atoms with Gasteiger partial charge in [0, 0.05) is 29.2 Å². The van der Waals surface area contributed by atoms with E-state index in [-0.39, 0.29) is 5.84 Å². The predicted molar refractivity (Wildman–Crippen MR) is 81.3 cm³/mol. The average molecular weight is 271 g/mol. The molecule has 3 rings (SSSR count). The molecule has 3 N–H and O–H groups in total. The van der Waals surface area contributed by atoms with Gasteiger partial charge in [-0.1, -0.05) is 6.07 Å². The van der Waals surface area contributed by atoms with Crippen LogP contribution in [0, 0.1) is 12.3 Å². The molecule has 3 nitrogen and oxygen atoms in total. The van der Waals surface area contributed by atoms with Crippen LogP contribution in [-0.2, 0) is 13.0 Å². The third-order valence-corrected chi connectivity index (χ3v) is 4.61. The lowest BCUT2D eigenvalue weighted by Gasteiger charge is -2.30. The number of nitrogens with one attached hydrogen (secondary N) is 1. The van der Waals surface area contributed by atoms with Gasteiger partial charge in [-0.25, -0.2) is 0 Å². The number of fused-ring (bicyclic) bond motifs is 1. The minimum atomic E-state index is 0.145. The van der Waals surface area contributed by atoms with E-state index in [1.807, 2.05) is 23.5 Å². The van der Waals surface area contributed by atoms with Crippen molar-refractivity contribution in [1.82, 2.24) is 0 Å². The second kappa shape index (κ2) is 4.70. The van der Waals surface area contributed by atoms with Crippen LogP contribution in [0.4, 0.5) is 5.69 Å². The summed E-state index contributed by atoms with van der Waals surface area (Å²) < 4.78 is 0. The van der Waals surface area contributed by atoms with E-state index in [1.165, 1.54) is 16.0 Å². The van der Waals surface area contributed by atoms with Gasteiger partial charge in [0.2, 0.25) is 0 Å². The SMILES string of the molecule is Cc1ccc(C(=N)N)c(N2CCc3sccc3C2)c1. The Kier molecular flexibility index (Phi) is 3.03. The molecule has 98 valence electrons. The number of hydrogen-bond acceptors (Lipinski definition) is 3. The van der Waals surface area contributed by atoms with Crippen molar-refractivity contribution in [3.63, 3.8) is 0 Å². The summed E-state index contributed by atoms with van der Waals surface area (Å²) in [6.07, 6.45) is 1.08. The molecule has 0 bridgehead atoms. The van der Waals surface area contributed by atoms with E-state index in [2.05, 4.69) is 29.3 Å². The molecule has 0 saturated heterocycles. The number of rotatable bonds is 2. The van der Waals surface area contributed by atoms with Gasteiger partial charge in [0.05, 0.1) is 0 Å². The van der Waals surface area contributed by atoms with Crippen molar-refractivity contribution >= 4 is 22.9 Å². The lowest BCUT2D eigenvalue weighted by atomic mass is 10.0. The van der Waals surface area contributed by atoms with Gasteiger partial charge >= 0.3 is 0 Å². The number of nitrogens with two attached hydrogens (primary N) is 1. The molecule has 1 aliphatic rings. The van der Waals surface area contributed by atoms with Crippen LogP contribution in [0.3, 0.4) is 0 Å². The van der Waals surface area contributed by atoms with Crippen LogP contribution in [0.2, 0.25) is 0 Å². The molecule has 1 aromatic carbocycles. The number of benzene rings is 1. The zero-order chi connectivity index (χ0) is 13.4. The van der Waals surface area contributed by atoms with Gasteiger partial charge in [-0.15, -0.1) is 11.3 Å². The fourth-order valence-corrected chi connectivity index (χ4v) is 3.47. The van der Waals surface area contributed by atoms with Crippen molar-refractivity contribution in [2.75, 3.05) is 11.4 Å². The molecule has 0 saturated carbocycles.